The van der Waals surface area contributed by atoms with Crippen molar-refractivity contribution in [1.29, 1.82) is 0 Å². The average Bonchev–Trinajstić information content (AvgIpc) is 2.73. The molecule has 29 heavy (non-hydrogen) atoms. The van der Waals surface area contributed by atoms with Gasteiger partial charge in [0, 0.05) is 61.0 Å². The number of benzene rings is 2. The molecule has 2 aromatic rings. The van der Waals surface area contributed by atoms with Gasteiger partial charge >= 0.3 is 0 Å². The lowest BCUT2D eigenvalue weighted by Crippen LogP contribution is -2.50. The molecule has 1 fully saturated rings. The maximum absolute atomic E-state index is 12.7. The van der Waals surface area contributed by atoms with Crippen LogP contribution in [0.5, 0.6) is 0 Å². The molecule has 1 aliphatic heterocycles. The summed E-state index contributed by atoms with van der Waals surface area (Å²) >= 11 is 1.38. The van der Waals surface area contributed by atoms with E-state index in [0.29, 0.717) is 26.2 Å². The molecule has 0 N–H and O–H groups in total. The van der Waals surface area contributed by atoms with Gasteiger partial charge in [0.15, 0.2) is 0 Å². The molecular formula is C19H20N4O5S. The van der Waals surface area contributed by atoms with Crippen molar-refractivity contribution in [1.82, 2.24) is 4.90 Å². The second-order valence-corrected chi connectivity index (χ2v) is 8.01. The van der Waals surface area contributed by atoms with Crippen LogP contribution in [0.15, 0.2) is 53.4 Å². The zero-order chi connectivity index (χ0) is 21.0. The number of piperazine rings is 1. The number of carbonyl (C=O) groups is 1. The van der Waals surface area contributed by atoms with Gasteiger partial charge in [0.2, 0.25) is 5.91 Å². The van der Waals surface area contributed by atoms with Gasteiger partial charge in [-0.1, -0.05) is 0 Å². The predicted molar refractivity (Wildman–Crippen MR) is 110 cm³/mol. The molecule has 1 heterocycles. The van der Waals surface area contributed by atoms with Crippen molar-refractivity contribution in [3.05, 3.63) is 68.8 Å². The number of amides is 1. The summed E-state index contributed by atoms with van der Waals surface area (Å²) in [5.41, 5.74) is 0.978. The minimum atomic E-state index is -0.451. The Hall–Kier alpha value is -3.14. The van der Waals surface area contributed by atoms with Gasteiger partial charge < -0.3 is 9.80 Å². The second-order valence-electron chi connectivity index (χ2n) is 6.60. The van der Waals surface area contributed by atoms with Crippen LogP contribution in [0.1, 0.15) is 6.92 Å². The van der Waals surface area contributed by atoms with E-state index in [1.165, 1.54) is 36.0 Å². The van der Waals surface area contributed by atoms with Crippen molar-refractivity contribution in [2.45, 2.75) is 17.1 Å². The number of anilines is 1. The zero-order valence-corrected chi connectivity index (χ0v) is 16.6. The predicted octanol–water partition coefficient (Wildman–Crippen LogP) is 3.33. The Bertz CT molecular complexity index is 896. The first-order valence-corrected chi connectivity index (χ1v) is 9.92. The van der Waals surface area contributed by atoms with E-state index in [-0.39, 0.29) is 22.5 Å². The molecule has 9 nitrogen and oxygen atoms in total. The van der Waals surface area contributed by atoms with E-state index in [1.807, 2.05) is 11.8 Å². The lowest BCUT2D eigenvalue weighted by molar-refractivity contribution is -0.385. The van der Waals surface area contributed by atoms with Crippen LogP contribution in [0.4, 0.5) is 17.1 Å². The molecule has 0 bridgehead atoms. The van der Waals surface area contributed by atoms with Crippen molar-refractivity contribution in [2.75, 3.05) is 31.1 Å². The molecule has 0 saturated carbocycles. The molecule has 1 atom stereocenters. The van der Waals surface area contributed by atoms with E-state index in [9.17, 15) is 25.0 Å². The Labute approximate surface area is 171 Å². The van der Waals surface area contributed by atoms with Crippen LogP contribution in [-0.4, -0.2) is 52.1 Å². The van der Waals surface area contributed by atoms with Crippen molar-refractivity contribution in [3.63, 3.8) is 0 Å². The highest BCUT2D eigenvalue weighted by Gasteiger charge is 2.26. The van der Waals surface area contributed by atoms with Gasteiger partial charge in [-0.05, 0) is 31.2 Å². The number of rotatable bonds is 6. The molecule has 0 aliphatic carbocycles. The maximum Gasteiger partial charge on any atom is 0.269 e. The minimum absolute atomic E-state index is 0.0238. The smallest absolute Gasteiger partial charge is 0.269 e. The van der Waals surface area contributed by atoms with Gasteiger partial charge in [0.25, 0.3) is 11.4 Å². The SMILES string of the molecule is C[C@H](Sc1ccc([N+](=O)[O-])cc1)C(=O)N1CCN(c2ccc([N+](=O)[O-])cc2)CC1. The lowest BCUT2D eigenvalue weighted by atomic mass is 10.2. The summed E-state index contributed by atoms with van der Waals surface area (Å²) in [4.78, 5) is 38.1. The summed E-state index contributed by atoms with van der Waals surface area (Å²) in [7, 11) is 0. The Morgan fingerprint density at radius 1 is 0.897 bits per heavy atom. The summed E-state index contributed by atoms with van der Waals surface area (Å²) in [5, 5.41) is 21.2. The fourth-order valence-electron chi connectivity index (χ4n) is 3.13. The highest BCUT2D eigenvalue weighted by molar-refractivity contribution is 8.00. The first-order chi connectivity index (χ1) is 13.8. The van der Waals surface area contributed by atoms with E-state index < -0.39 is 9.85 Å². The molecule has 0 radical (unpaired) electrons. The average molecular weight is 416 g/mol. The van der Waals surface area contributed by atoms with Crippen LogP contribution < -0.4 is 4.90 Å². The van der Waals surface area contributed by atoms with Crippen molar-refractivity contribution < 1.29 is 14.6 Å². The molecule has 1 aliphatic rings. The largest absolute Gasteiger partial charge is 0.368 e. The standard InChI is InChI=1S/C19H20N4O5S/c1-14(29-18-8-6-17(7-9-18)23(27)28)19(24)21-12-10-20(11-13-21)15-2-4-16(5-3-15)22(25)26/h2-9,14H,10-13H2,1H3/t14-/m0/s1. The molecule has 3 rings (SSSR count). The normalized spacial score (nSPS) is 15.1. The maximum atomic E-state index is 12.7. The van der Waals surface area contributed by atoms with Crippen LogP contribution in [0.2, 0.25) is 0 Å². The first-order valence-electron chi connectivity index (χ1n) is 9.04. The lowest BCUT2D eigenvalue weighted by Gasteiger charge is -2.37. The Kier molecular flexibility index (Phi) is 6.32. The van der Waals surface area contributed by atoms with Gasteiger partial charge in [0.05, 0.1) is 15.1 Å². The number of nitro groups is 2. The quantitative estimate of drug-likeness (QED) is 0.403. The number of nitrogens with zero attached hydrogens (tertiary/aromatic N) is 4. The van der Waals surface area contributed by atoms with Crippen LogP contribution in [0.25, 0.3) is 0 Å². The van der Waals surface area contributed by atoms with Crippen LogP contribution in [-0.2, 0) is 4.79 Å². The second kappa shape index (κ2) is 8.91. The molecular weight excluding hydrogens is 396 g/mol. The van der Waals surface area contributed by atoms with Gasteiger partial charge in [-0.3, -0.25) is 25.0 Å². The number of carbonyl (C=O) groups excluding carboxylic acids is 1. The monoisotopic (exact) mass is 416 g/mol. The fourth-order valence-corrected chi connectivity index (χ4v) is 4.08. The summed E-state index contributed by atoms with van der Waals surface area (Å²) in [6, 6.07) is 12.6. The van der Waals surface area contributed by atoms with Crippen molar-refractivity contribution in [2.24, 2.45) is 0 Å². The van der Waals surface area contributed by atoms with Gasteiger partial charge in [0.1, 0.15) is 0 Å². The number of non-ortho nitro benzene ring substituents is 2. The van der Waals surface area contributed by atoms with E-state index in [0.717, 1.165) is 10.6 Å². The molecule has 1 saturated heterocycles. The van der Waals surface area contributed by atoms with Gasteiger partial charge in [-0.2, -0.15) is 0 Å². The Morgan fingerprint density at radius 2 is 1.38 bits per heavy atom. The van der Waals surface area contributed by atoms with Crippen LogP contribution in [0, 0.1) is 20.2 Å². The highest BCUT2D eigenvalue weighted by Crippen LogP contribution is 2.27. The van der Waals surface area contributed by atoms with Gasteiger partial charge in [-0.25, -0.2) is 0 Å². The fraction of sp³-hybridized carbons (Fsp3) is 0.316. The molecule has 152 valence electrons. The number of thioether (sulfide) groups is 1. The summed E-state index contributed by atoms with van der Waals surface area (Å²) in [6.07, 6.45) is 0. The van der Waals surface area contributed by atoms with E-state index in [4.69, 9.17) is 0 Å². The van der Waals surface area contributed by atoms with E-state index in [1.54, 1.807) is 24.3 Å². The van der Waals surface area contributed by atoms with Gasteiger partial charge in [-0.15, -0.1) is 11.8 Å². The first kappa shape index (κ1) is 20.6. The molecule has 1 amide bonds. The third-order valence-corrected chi connectivity index (χ3v) is 5.82. The third-order valence-electron chi connectivity index (χ3n) is 4.73. The molecule has 0 spiro atoms. The third kappa shape index (κ3) is 5.02. The molecule has 10 heteroatoms. The van der Waals surface area contributed by atoms with Crippen molar-refractivity contribution in [3.8, 4) is 0 Å². The minimum Gasteiger partial charge on any atom is -0.368 e. The number of hydrogen-bond donors (Lipinski definition) is 0. The summed E-state index contributed by atoms with van der Waals surface area (Å²) in [6.45, 7) is 4.27. The number of hydrogen-bond acceptors (Lipinski definition) is 7. The zero-order valence-electron chi connectivity index (χ0n) is 15.8. The Balaban J connectivity index is 1.53. The molecule has 0 aromatic heterocycles. The molecule has 2 aromatic carbocycles. The van der Waals surface area contributed by atoms with Crippen LogP contribution >= 0.6 is 11.8 Å². The van der Waals surface area contributed by atoms with Crippen molar-refractivity contribution >= 4 is 34.7 Å². The van der Waals surface area contributed by atoms with E-state index in [2.05, 4.69) is 4.90 Å². The van der Waals surface area contributed by atoms with Crippen LogP contribution in [0.3, 0.4) is 0 Å². The summed E-state index contributed by atoms with van der Waals surface area (Å²) < 4.78 is 0. The molecule has 0 unspecified atom stereocenters. The highest BCUT2D eigenvalue weighted by atomic mass is 32.2. The van der Waals surface area contributed by atoms with E-state index >= 15 is 0 Å². The Morgan fingerprint density at radius 3 is 1.86 bits per heavy atom. The number of nitro benzene ring substituents is 2. The summed E-state index contributed by atoms with van der Waals surface area (Å²) in [5.74, 6) is 0.0247. The topological polar surface area (TPSA) is 110 Å².